The van der Waals surface area contributed by atoms with E-state index in [1.54, 1.807) is 0 Å². The van der Waals surface area contributed by atoms with Gasteiger partial charge in [0.05, 0.1) is 0 Å². The lowest BCUT2D eigenvalue weighted by Gasteiger charge is -1.56. The van der Waals surface area contributed by atoms with Gasteiger partial charge in [0.25, 0.3) is 0 Å². The van der Waals surface area contributed by atoms with Crippen LogP contribution in [0.25, 0.3) is 0 Å². The second-order valence-electron chi connectivity index (χ2n) is 1.21. The number of rotatable bonds is 2. The van der Waals surface area contributed by atoms with Crippen LogP contribution >= 0.6 is 0 Å². The molecule has 0 saturated carbocycles. The van der Waals surface area contributed by atoms with Crippen LogP contribution in [-0.4, -0.2) is 24.8 Å². The Morgan fingerprint density at radius 2 is 1.57 bits per heavy atom. The Kier molecular flexibility index (Phi) is 0.906. The van der Waals surface area contributed by atoms with Gasteiger partial charge in [0, 0.05) is 0 Å². The molecule has 1 heterocycles. The topological polar surface area (TPSA) is 46.7 Å². The van der Waals surface area contributed by atoms with Crippen molar-refractivity contribution in [3.63, 3.8) is 0 Å². The molecule has 0 spiro atoms. The number of hydrogen-bond donors (Lipinski definition) is 0. The second-order valence-corrected chi connectivity index (χ2v) is 1.21. The van der Waals surface area contributed by atoms with Crippen molar-refractivity contribution < 1.29 is 14.3 Å². The Bertz CT molecular complexity index is 87.1. The molecule has 2 radical (unpaired) electrons. The smallest absolute Gasteiger partial charge is 0.233 e. The summed E-state index contributed by atoms with van der Waals surface area (Å²) in [5, 5.41) is 0. The molecule has 7 heavy (non-hydrogen) atoms. The maximum absolute atomic E-state index is 9.51. The summed E-state index contributed by atoms with van der Waals surface area (Å²) < 4.78 is 4.37. The number of ether oxygens (including phenoxy) is 1. The standard InChI is InChI=1S/C4H2O3/c5-1-3-4(2-6)7-3/h3-4H/t3-,4-/m1/s1. The van der Waals surface area contributed by atoms with E-state index in [1.807, 2.05) is 0 Å². The zero-order chi connectivity index (χ0) is 5.28. The van der Waals surface area contributed by atoms with E-state index < -0.39 is 12.2 Å². The minimum atomic E-state index is -0.613. The van der Waals surface area contributed by atoms with Crippen LogP contribution in [0, 0.1) is 0 Å². The van der Waals surface area contributed by atoms with Crippen LogP contribution in [0.5, 0.6) is 0 Å². The molecule has 2 atom stereocenters. The molecule has 0 aromatic heterocycles. The summed E-state index contributed by atoms with van der Waals surface area (Å²) in [5.41, 5.74) is 0. The molecule has 1 aliphatic rings. The van der Waals surface area contributed by atoms with Crippen molar-refractivity contribution in [3.05, 3.63) is 0 Å². The average Bonchev–Trinajstić information content (AvgIpc) is 2.43. The fraction of sp³-hybridized carbons (Fsp3) is 0.500. The van der Waals surface area contributed by atoms with Gasteiger partial charge < -0.3 is 4.74 Å². The maximum Gasteiger partial charge on any atom is 0.233 e. The number of hydrogen-bond acceptors (Lipinski definition) is 3. The monoisotopic (exact) mass is 98.0 g/mol. The van der Waals surface area contributed by atoms with Crippen molar-refractivity contribution in [3.8, 4) is 0 Å². The Balaban J connectivity index is 2.30. The van der Waals surface area contributed by atoms with Crippen molar-refractivity contribution in [2.24, 2.45) is 0 Å². The number of carbonyl (C=O) groups excluding carboxylic acids is 2. The third-order valence-corrected chi connectivity index (χ3v) is 0.724. The van der Waals surface area contributed by atoms with E-state index in [1.165, 1.54) is 12.6 Å². The van der Waals surface area contributed by atoms with E-state index in [9.17, 15) is 9.59 Å². The summed E-state index contributed by atoms with van der Waals surface area (Å²) in [6.45, 7) is 0. The Morgan fingerprint density at radius 1 is 1.14 bits per heavy atom. The fourth-order valence-corrected chi connectivity index (χ4v) is 0.292. The highest BCUT2D eigenvalue weighted by Gasteiger charge is 2.40. The zero-order valence-electron chi connectivity index (χ0n) is 3.38. The summed E-state index contributed by atoms with van der Waals surface area (Å²) in [5.74, 6) is 0. The fourth-order valence-electron chi connectivity index (χ4n) is 0.292. The molecule has 0 bridgehead atoms. The summed E-state index contributed by atoms with van der Waals surface area (Å²) in [6, 6.07) is 0. The molecule has 36 valence electrons. The molecule has 1 aliphatic heterocycles. The van der Waals surface area contributed by atoms with Crippen molar-refractivity contribution in [1.82, 2.24) is 0 Å². The SMILES string of the molecule is O=[C][C@H]1O[C@@H]1[C]=O. The zero-order valence-corrected chi connectivity index (χ0v) is 3.38. The molecule has 3 nitrogen and oxygen atoms in total. The Labute approximate surface area is 40.3 Å². The summed E-state index contributed by atoms with van der Waals surface area (Å²) >= 11 is 0. The highest BCUT2D eigenvalue weighted by molar-refractivity contribution is 5.74. The van der Waals surface area contributed by atoms with Crippen LogP contribution in [0.3, 0.4) is 0 Å². The van der Waals surface area contributed by atoms with Crippen molar-refractivity contribution in [1.29, 1.82) is 0 Å². The lowest BCUT2D eigenvalue weighted by Crippen LogP contribution is -1.93. The van der Waals surface area contributed by atoms with E-state index in [2.05, 4.69) is 4.74 Å². The molecule has 0 aromatic rings. The van der Waals surface area contributed by atoms with E-state index in [0.29, 0.717) is 0 Å². The van der Waals surface area contributed by atoms with Crippen LogP contribution in [0.4, 0.5) is 0 Å². The minimum absolute atomic E-state index is 0.613. The van der Waals surface area contributed by atoms with Gasteiger partial charge in [-0.15, -0.1) is 0 Å². The van der Waals surface area contributed by atoms with Gasteiger partial charge >= 0.3 is 0 Å². The molecular formula is C4H2O3. The summed E-state index contributed by atoms with van der Waals surface area (Å²) in [7, 11) is 0. The van der Waals surface area contributed by atoms with Crippen LogP contribution < -0.4 is 0 Å². The van der Waals surface area contributed by atoms with Gasteiger partial charge in [-0.1, -0.05) is 0 Å². The van der Waals surface area contributed by atoms with Crippen molar-refractivity contribution >= 4 is 12.6 Å². The predicted octanol–water partition coefficient (Wildman–Crippen LogP) is -1.03. The molecule has 0 aromatic carbocycles. The minimum Gasteiger partial charge on any atom is -0.352 e. The molecule has 3 heteroatoms. The first-order valence-electron chi connectivity index (χ1n) is 1.79. The lowest BCUT2D eigenvalue weighted by molar-refractivity contribution is 0.410. The van der Waals surface area contributed by atoms with Gasteiger partial charge in [0.1, 0.15) is 0 Å². The van der Waals surface area contributed by atoms with Crippen molar-refractivity contribution in [2.45, 2.75) is 12.2 Å². The molecule has 0 unspecified atom stereocenters. The first-order valence-corrected chi connectivity index (χ1v) is 1.79. The molecule has 1 saturated heterocycles. The molecule has 0 amide bonds. The molecule has 1 rings (SSSR count). The third-order valence-electron chi connectivity index (χ3n) is 0.724. The van der Waals surface area contributed by atoms with Crippen molar-refractivity contribution in [2.75, 3.05) is 0 Å². The third kappa shape index (κ3) is 0.667. The highest BCUT2D eigenvalue weighted by Crippen LogP contribution is 2.15. The Morgan fingerprint density at radius 3 is 1.71 bits per heavy atom. The quantitative estimate of drug-likeness (QED) is 0.415. The largest absolute Gasteiger partial charge is 0.352 e. The average molecular weight is 98.1 g/mol. The van der Waals surface area contributed by atoms with E-state index in [4.69, 9.17) is 0 Å². The first kappa shape index (κ1) is 4.46. The van der Waals surface area contributed by atoms with Gasteiger partial charge in [-0.3, -0.25) is 9.59 Å². The predicted molar refractivity (Wildman–Crippen MR) is 20.0 cm³/mol. The first-order chi connectivity index (χ1) is 3.38. The molecule has 0 aliphatic carbocycles. The van der Waals surface area contributed by atoms with Crippen LogP contribution in [0.2, 0.25) is 0 Å². The lowest BCUT2D eigenvalue weighted by atomic mass is 10.4. The second kappa shape index (κ2) is 1.42. The van der Waals surface area contributed by atoms with Gasteiger partial charge in [-0.05, 0) is 0 Å². The van der Waals surface area contributed by atoms with Gasteiger partial charge in [0.2, 0.25) is 12.6 Å². The molecule has 0 N–H and O–H groups in total. The highest BCUT2D eigenvalue weighted by atomic mass is 16.6. The van der Waals surface area contributed by atoms with Crippen LogP contribution in [0.1, 0.15) is 0 Å². The Hall–Kier alpha value is -0.700. The summed E-state index contributed by atoms with van der Waals surface area (Å²) in [4.78, 5) is 19.0. The normalized spacial score (nSPS) is 37.1. The van der Waals surface area contributed by atoms with Gasteiger partial charge in [0.15, 0.2) is 12.2 Å². The van der Waals surface area contributed by atoms with E-state index >= 15 is 0 Å². The number of epoxide rings is 1. The van der Waals surface area contributed by atoms with Crippen LogP contribution in [-0.2, 0) is 14.3 Å². The van der Waals surface area contributed by atoms with E-state index in [-0.39, 0.29) is 0 Å². The molecular weight excluding hydrogens is 96.0 g/mol. The van der Waals surface area contributed by atoms with Crippen LogP contribution in [0.15, 0.2) is 0 Å². The summed E-state index contributed by atoms with van der Waals surface area (Å²) in [6.07, 6.45) is 1.78. The van der Waals surface area contributed by atoms with Gasteiger partial charge in [-0.2, -0.15) is 0 Å². The van der Waals surface area contributed by atoms with E-state index in [0.717, 1.165) is 0 Å². The van der Waals surface area contributed by atoms with Gasteiger partial charge in [-0.25, -0.2) is 0 Å². The molecule has 1 fully saturated rings. The maximum atomic E-state index is 9.51.